The van der Waals surface area contributed by atoms with Crippen molar-refractivity contribution in [2.45, 2.75) is 64.5 Å². The summed E-state index contributed by atoms with van der Waals surface area (Å²) < 4.78 is 38.5. The highest BCUT2D eigenvalue weighted by Gasteiger charge is 2.30. The molecule has 0 spiro atoms. The first-order chi connectivity index (χ1) is 14.4. The van der Waals surface area contributed by atoms with Crippen LogP contribution in [0, 0.1) is 0 Å². The number of benzene rings is 2. The average molecular weight is 421 g/mol. The van der Waals surface area contributed by atoms with Gasteiger partial charge in [0.25, 0.3) is 5.91 Å². The van der Waals surface area contributed by atoms with Crippen molar-refractivity contribution in [2.75, 3.05) is 17.2 Å². The van der Waals surface area contributed by atoms with E-state index in [1.165, 1.54) is 57.1 Å². The van der Waals surface area contributed by atoms with Gasteiger partial charge in [0.2, 0.25) is 0 Å². The first-order valence-corrected chi connectivity index (χ1v) is 10.7. The van der Waals surface area contributed by atoms with Gasteiger partial charge in [0.1, 0.15) is 0 Å². The van der Waals surface area contributed by atoms with Crippen LogP contribution in [-0.2, 0) is 6.18 Å². The minimum atomic E-state index is -4.48. The number of hydrogen-bond donors (Lipinski definition) is 2. The van der Waals surface area contributed by atoms with Gasteiger partial charge in [-0.3, -0.25) is 4.79 Å². The van der Waals surface area contributed by atoms with E-state index in [1.807, 2.05) is 6.07 Å². The van der Waals surface area contributed by atoms with Crippen molar-refractivity contribution >= 4 is 17.3 Å². The summed E-state index contributed by atoms with van der Waals surface area (Å²) in [6.45, 7) is 3.07. The van der Waals surface area contributed by atoms with Crippen LogP contribution in [-0.4, -0.2) is 12.5 Å². The summed E-state index contributed by atoms with van der Waals surface area (Å²) in [6.07, 6.45) is 5.55. The van der Waals surface area contributed by atoms with Gasteiger partial charge in [-0.15, -0.1) is 0 Å². The molecule has 164 valence electrons. The summed E-state index contributed by atoms with van der Waals surface area (Å²) >= 11 is 0. The Morgan fingerprint density at radius 1 is 0.833 bits per heavy atom. The zero-order chi connectivity index (χ0) is 21.8. The van der Waals surface area contributed by atoms with Crippen LogP contribution in [0.3, 0.4) is 0 Å². The Morgan fingerprint density at radius 2 is 1.47 bits per heavy atom. The maximum absolute atomic E-state index is 12.8. The van der Waals surface area contributed by atoms with Crippen molar-refractivity contribution in [3.05, 3.63) is 59.7 Å². The number of rotatable bonds is 12. The normalized spacial score (nSPS) is 11.3. The smallest absolute Gasteiger partial charge is 0.385 e. The minimum absolute atomic E-state index is 0.0258. The number of alkyl halides is 3. The number of carbonyl (C=O) groups is 1. The number of unbranched alkanes of at least 4 members (excludes halogenated alkanes) is 7. The van der Waals surface area contributed by atoms with Crippen LogP contribution < -0.4 is 10.6 Å². The molecular weight excluding hydrogens is 389 g/mol. The molecule has 0 atom stereocenters. The fourth-order valence-corrected chi connectivity index (χ4v) is 3.24. The fourth-order valence-electron chi connectivity index (χ4n) is 3.24. The van der Waals surface area contributed by atoms with Crippen molar-refractivity contribution < 1.29 is 18.0 Å². The second kappa shape index (κ2) is 12.3. The van der Waals surface area contributed by atoms with E-state index in [4.69, 9.17) is 0 Å². The van der Waals surface area contributed by atoms with Gasteiger partial charge in [-0.2, -0.15) is 13.2 Å². The van der Waals surface area contributed by atoms with Crippen LogP contribution >= 0.6 is 0 Å². The molecule has 30 heavy (non-hydrogen) atoms. The second-order valence-electron chi connectivity index (χ2n) is 7.52. The molecule has 0 radical (unpaired) electrons. The Labute approximate surface area is 177 Å². The number of carbonyl (C=O) groups excluding carboxylic acids is 1. The van der Waals surface area contributed by atoms with Gasteiger partial charge in [-0.1, -0.05) is 64.0 Å². The lowest BCUT2D eigenvalue weighted by atomic mass is 10.1. The topological polar surface area (TPSA) is 41.1 Å². The Morgan fingerprint density at radius 3 is 2.17 bits per heavy atom. The SMILES string of the molecule is CCCCCCCCCCNc1cccc(NC(=O)c2cccc(C(F)(F)F)c2)c1. The highest BCUT2D eigenvalue weighted by molar-refractivity contribution is 6.04. The summed E-state index contributed by atoms with van der Waals surface area (Å²) in [4.78, 5) is 12.3. The Hall–Kier alpha value is -2.50. The number of amides is 1. The van der Waals surface area contributed by atoms with Crippen molar-refractivity contribution in [2.24, 2.45) is 0 Å². The summed E-state index contributed by atoms with van der Waals surface area (Å²) in [5.41, 5.74) is 0.552. The van der Waals surface area contributed by atoms with Gasteiger partial charge in [0.15, 0.2) is 0 Å². The molecule has 0 aliphatic rings. The standard InChI is InChI=1S/C24H31F3N2O/c1-2-3-4-5-6-7-8-9-16-28-21-14-11-15-22(18-21)29-23(30)19-12-10-13-20(17-19)24(25,26)27/h10-15,17-18,28H,2-9,16H2,1H3,(H,29,30). The van der Waals surface area contributed by atoms with Crippen LogP contribution in [0.15, 0.2) is 48.5 Å². The van der Waals surface area contributed by atoms with E-state index in [0.717, 1.165) is 30.8 Å². The molecule has 2 N–H and O–H groups in total. The molecule has 0 bridgehead atoms. The predicted octanol–water partition coefficient (Wildman–Crippen LogP) is 7.51. The molecule has 0 heterocycles. The van der Waals surface area contributed by atoms with Gasteiger partial charge < -0.3 is 10.6 Å². The first-order valence-electron chi connectivity index (χ1n) is 10.7. The Bertz CT molecular complexity index is 790. The van der Waals surface area contributed by atoms with Crippen molar-refractivity contribution in [3.63, 3.8) is 0 Å². The molecular formula is C24H31F3N2O. The van der Waals surface area contributed by atoms with Crippen LogP contribution in [0.4, 0.5) is 24.5 Å². The van der Waals surface area contributed by atoms with Gasteiger partial charge >= 0.3 is 6.18 Å². The fraction of sp³-hybridized carbons (Fsp3) is 0.458. The highest BCUT2D eigenvalue weighted by atomic mass is 19.4. The van der Waals surface area contributed by atoms with E-state index in [0.29, 0.717) is 5.69 Å². The van der Waals surface area contributed by atoms with E-state index < -0.39 is 17.6 Å². The number of hydrogen-bond acceptors (Lipinski definition) is 2. The van der Waals surface area contributed by atoms with Crippen molar-refractivity contribution in [1.82, 2.24) is 0 Å². The van der Waals surface area contributed by atoms with E-state index in [9.17, 15) is 18.0 Å². The van der Waals surface area contributed by atoms with Crippen LogP contribution in [0.5, 0.6) is 0 Å². The first kappa shape index (κ1) is 23.8. The monoisotopic (exact) mass is 420 g/mol. The van der Waals surface area contributed by atoms with E-state index in [2.05, 4.69) is 17.6 Å². The largest absolute Gasteiger partial charge is 0.416 e. The third kappa shape index (κ3) is 8.47. The molecule has 0 saturated carbocycles. The molecule has 2 aromatic carbocycles. The van der Waals surface area contributed by atoms with Gasteiger partial charge in [0, 0.05) is 23.5 Å². The average Bonchev–Trinajstić information content (AvgIpc) is 2.72. The lowest BCUT2D eigenvalue weighted by molar-refractivity contribution is -0.137. The quantitative estimate of drug-likeness (QED) is 0.349. The van der Waals surface area contributed by atoms with E-state index in [-0.39, 0.29) is 5.56 Å². The molecule has 0 aliphatic carbocycles. The highest BCUT2D eigenvalue weighted by Crippen LogP contribution is 2.29. The number of anilines is 2. The number of nitrogens with one attached hydrogen (secondary N) is 2. The maximum Gasteiger partial charge on any atom is 0.416 e. The summed E-state index contributed by atoms with van der Waals surface area (Å²) in [7, 11) is 0. The van der Waals surface area contributed by atoms with Crippen molar-refractivity contribution in [3.8, 4) is 0 Å². The molecule has 0 unspecified atom stereocenters. The Balaban J connectivity index is 1.78. The molecule has 0 aromatic heterocycles. The number of halogens is 3. The summed E-state index contributed by atoms with van der Waals surface area (Å²) in [5, 5.41) is 6.00. The molecule has 1 amide bonds. The van der Waals surface area contributed by atoms with Crippen LogP contribution in [0.25, 0.3) is 0 Å². The minimum Gasteiger partial charge on any atom is -0.385 e. The molecule has 0 aliphatic heterocycles. The Kier molecular flexibility index (Phi) is 9.71. The third-order valence-electron chi connectivity index (χ3n) is 4.93. The second-order valence-corrected chi connectivity index (χ2v) is 7.52. The summed E-state index contributed by atoms with van der Waals surface area (Å²) in [5.74, 6) is -0.568. The zero-order valence-electron chi connectivity index (χ0n) is 17.5. The predicted molar refractivity (Wildman–Crippen MR) is 117 cm³/mol. The molecule has 3 nitrogen and oxygen atoms in total. The van der Waals surface area contributed by atoms with E-state index in [1.54, 1.807) is 18.2 Å². The van der Waals surface area contributed by atoms with Crippen LogP contribution in [0.2, 0.25) is 0 Å². The molecule has 0 fully saturated rings. The van der Waals surface area contributed by atoms with Crippen molar-refractivity contribution in [1.29, 1.82) is 0 Å². The molecule has 2 aromatic rings. The lowest BCUT2D eigenvalue weighted by Gasteiger charge is -2.11. The maximum atomic E-state index is 12.8. The third-order valence-corrected chi connectivity index (χ3v) is 4.93. The van der Waals surface area contributed by atoms with E-state index >= 15 is 0 Å². The molecule has 0 saturated heterocycles. The molecule has 6 heteroatoms. The van der Waals surface area contributed by atoms with Crippen LogP contribution in [0.1, 0.15) is 74.2 Å². The van der Waals surface area contributed by atoms with Gasteiger partial charge in [-0.25, -0.2) is 0 Å². The van der Waals surface area contributed by atoms with Gasteiger partial charge in [-0.05, 0) is 42.8 Å². The molecule has 2 rings (SSSR count). The van der Waals surface area contributed by atoms with Gasteiger partial charge in [0.05, 0.1) is 5.56 Å². The lowest BCUT2D eigenvalue weighted by Crippen LogP contribution is -2.14. The summed E-state index contributed by atoms with van der Waals surface area (Å²) in [6, 6.07) is 11.6. The zero-order valence-corrected chi connectivity index (χ0v) is 17.5.